The minimum absolute atomic E-state index is 0.260. The molecule has 4 heteroatoms. The van der Waals surface area contributed by atoms with E-state index in [1.165, 1.54) is 6.08 Å². The van der Waals surface area contributed by atoms with Crippen molar-refractivity contribution in [2.75, 3.05) is 6.61 Å². The molecule has 0 heterocycles. The summed E-state index contributed by atoms with van der Waals surface area (Å²) in [5, 5.41) is 0. The molecule has 0 aromatic rings. The number of rotatable bonds is 2. The van der Waals surface area contributed by atoms with Gasteiger partial charge in [-0.3, -0.25) is 0 Å². The van der Waals surface area contributed by atoms with E-state index in [0.29, 0.717) is 0 Å². The zero-order valence-electron chi connectivity index (χ0n) is 7.82. The fourth-order valence-electron chi connectivity index (χ4n) is 1.14. The third-order valence-electron chi connectivity index (χ3n) is 1.85. The molecule has 1 atom stereocenters. The lowest BCUT2D eigenvalue weighted by atomic mass is 9.96. The predicted molar refractivity (Wildman–Crippen MR) is 51.0 cm³/mol. The standard InChI is InChI=1S/C10H11NO3/c1-2-14-10(13)8-5-3-4-7(6-12)9(8)11/h3-5,9H,2,11H2,1H3. The fourth-order valence-corrected chi connectivity index (χ4v) is 1.14. The first-order valence-electron chi connectivity index (χ1n) is 4.26. The Morgan fingerprint density at radius 1 is 1.71 bits per heavy atom. The van der Waals surface area contributed by atoms with Crippen molar-refractivity contribution in [1.29, 1.82) is 0 Å². The summed E-state index contributed by atoms with van der Waals surface area (Å²) in [6.07, 6.45) is 4.65. The van der Waals surface area contributed by atoms with E-state index in [9.17, 15) is 9.59 Å². The summed E-state index contributed by atoms with van der Waals surface area (Å²) in [5.74, 6) is 1.20. The van der Waals surface area contributed by atoms with Gasteiger partial charge >= 0.3 is 5.97 Å². The third kappa shape index (κ3) is 1.99. The van der Waals surface area contributed by atoms with E-state index < -0.39 is 12.0 Å². The summed E-state index contributed by atoms with van der Waals surface area (Å²) in [7, 11) is 0. The number of carbonyl (C=O) groups is 1. The van der Waals surface area contributed by atoms with Crippen LogP contribution in [-0.2, 0) is 14.3 Å². The smallest absolute Gasteiger partial charge is 0.335 e. The van der Waals surface area contributed by atoms with Crippen LogP contribution in [-0.4, -0.2) is 24.6 Å². The molecular formula is C10H11NO3. The van der Waals surface area contributed by atoms with Gasteiger partial charge in [0.05, 0.1) is 23.8 Å². The van der Waals surface area contributed by atoms with Crippen LogP contribution in [0.3, 0.4) is 0 Å². The minimum Gasteiger partial charge on any atom is -0.463 e. The molecule has 1 unspecified atom stereocenters. The Kier molecular flexibility index (Phi) is 3.40. The molecule has 74 valence electrons. The number of hydrogen-bond donors (Lipinski definition) is 1. The zero-order chi connectivity index (χ0) is 10.6. The molecule has 0 spiro atoms. The van der Waals surface area contributed by atoms with Crippen molar-refractivity contribution in [2.45, 2.75) is 13.0 Å². The van der Waals surface area contributed by atoms with Gasteiger partial charge in [0.2, 0.25) is 0 Å². The second kappa shape index (κ2) is 4.56. The van der Waals surface area contributed by atoms with Crippen molar-refractivity contribution >= 4 is 11.9 Å². The molecule has 0 aliphatic heterocycles. The largest absolute Gasteiger partial charge is 0.463 e. The normalized spacial score (nSPS) is 20.0. The zero-order valence-corrected chi connectivity index (χ0v) is 7.82. The van der Waals surface area contributed by atoms with Gasteiger partial charge in [-0.15, -0.1) is 0 Å². The van der Waals surface area contributed by atoms with E-state index in [-0.39, 0.29) is 17.8 Å². The van der Waals surface area contributed by atoms with Crippen LogP contribution in [0.2, 0.25) is 0 Å². The highest BCUT2D eigenvalue weighted by molar-refractivity contribution is 5.92. The maximum Gasteiger partial charge on any atom is 0.335 e. The van der Waals surface area contributed by atoms with Crippen LogP contribution in [0.1, 0.15) is 6.92 Å². The van der Waals surface area contributed by atoms with E-state index in [2.05, 4.69) is 0 Å². The first-order valence-corrected chi connectivity index (χ1v) is 4.26. The quantitative estimate of drug-likeness (QED) is 0.500. The van der Waals surface area contributed by atoms with Gasteiger partial charge in [0, 0.05) is 0 Å². The average molecular weight is 193 g/mol. The molecule has 0 bridgehead atoms. The van der Waals surface area contributed by atoms with Crippen LogP contribution in [0, 0.1) is 0 Å². The van der Waals surface area contributed by atoms with E-state index in [1.807, 2.05) is 0 Å². The molecule has 0 fully saturated rings. The van der Waals surface area contributed by atoms with Gasteiger partial charge in [0.1, 0.15) is 5.94 Å². The Labute approximate surface area is 81.7 Å². The summed E-state index contributed by atoms with van der Waals surface area (Å²) in [6.45, 7) is 1.99. The molecule has 0 aromatic carbocycles. The summed E-state index contributed by atoms with van der Waals surface area (Å²) < 4.78 is 4.78. The van der Waals surface area contributed by atoms with Gasteiger partial charge < -0.3 is 10.5 Å². The van der Waals surface area contributed by atoms with E-state index in [1.54, 1.807) is 25.0 Å². The van der Waals surface area contributed by atoms with Crippen LogP contribution < -0.4 is 5.73 Å². The SMILES string of the molecule is CCOC(=O)C1=CC=CC(=C=O)C1N. The molecule has 1 aliphatic rings. The van der Waals surface area contributed by atoms with Gasteiger partial charge in [-0.2, -0.15) is 0 Å². The number of nitrogens with two attached hydrogens (primary N) is 1. The van der Waals surface area contributed by atoms with Crippen LogP contribution >= 0.6 is 0 Å². The maximum atomic E-state index is 11.3. The summed E-state index contributed by atoms with van der Waals surface area (Å²) in [4.78, 5) is 21.7. The lowest BCUT2D eigenvalue weighted by molar-refractivity contribution is -0.138. The van der Waals surface area contributed by atoms with Crippen molar-refractivity contribution in [3.63, 3.8) is 0 Å². The lowest BCUT2D eigenvalue weighted by Crippen LogP contribution is -2.31. The molecule has 0 saturated carbocycles. The molecule has 4 nitrogen and oxygen atoms in total. The van der Waals surface area contributed by atoms with Crippen LogP contribution in [0.25, 0.3) is 0 Å². The molecule has 1 rings (SSSR count). The Morgan fingerprint density at radius 3 is 3.00 bits per heavy atom. The van der Waals surface area contributed by atoms with Gasteiger partial charge in [0.25, 0.3) is 0 Å². The predicted octanol–water partition coefficient (Wildman–Crippen LogP) is 0.131. The van der Waals surface area contributed by atoms with Crippen molar-refractivity contribution in [1.82, 2.24) is 0 Å². The maximum absolute atomic E-state index is 11.3. The highest BCUT2D eigenvalue weighted by Crippen LogP contribution is 2.15. The molecule has 2 N–H and O–H groups in total. The molecule has 0 amide bonds. The van der Waals surface area contributed by atoms with E-state index >= 15 is 0 Å². The number of ether oxygens (including phenoxy) is 1. The Morgan fingerprint density at radius 2 is 2.43 bits per heavy atom. The Bertz CT molecular complexity index is 348. The summed E-state index contributed by atoms with van der Waals surface area (Å²) >= 11 is 0. The van der Waals surface area contributed by atoms with Crippen LogP contribution in [0.15, 0.2) is 29.4 Å². The van der Waals surface area contributed by atoms with Crippen LogP contribution in [0.5, 0.6) is 0 Å². The second-order valence-corrected chi connectivity index (χ2v) is 2.74. The van der Waals surface area contributed by atoms with Crippen molar-refractivity contribution in [3.8, 4) is 0 Å². The number of carbonyl (C=O) groups excluding carboxylic acids is 2. The number of hydrogen-bond acceptors (Lipinski definition) is 4. The highest BCUT2D eigenvalue weighted by Gasteiger charge is 2.23. The molecule has 0 radical (unpaired) electrons. The fraction of sp³-hybridized carbons (Fsp3) is 0.300. The van der Waals surface area contributed by atoms with Crippen molar-refractivity contribution in [3.05, 3.63) is 29.4 Å². The molecule has 1 aliphatic carbocycles. The lowest BCUT2D eigenvalue weighted by Gasteiger charge is -2.15. The average Bonchev–Trinajstić information content (AvgIpc) is 2.18. The molecule has 0 aromatic heterocycles. The van der Waals surface area contributed by atoms with E-state index in [0.717, 1.165) is 0 Å². The molecule has 0 saturated heterocycles. The van der Waals surface area contributed by atoms with Crippen LogP contribution in [0.4, 0.5) is 0 Å². The summed E-state index contributed by atoms with van der Waals surface area (Å²) in [6, 6.07) is -0.725. The highest BCUT2D eigenvalue weighted by atomic mass is 16.5. The Hall–Kier alpha value is -1.64. The molecule has 14 heavy (non-hydrogen) atoms. The first kappa shape index (κ1) is 10.4. The van der Waals surface area contributed by atoms with Crippen molar-refractivity contribution < 1.29 is 14.3 Å². The Balaban J connectivity index is 2.90. The number of allylic oxidation sites excluding steroid dienone is 2. The molecular weight excluding hydrogens is 182 g/mol. The number of esters is 1. The summed E-state index contributed by atoms with van der Waals surface area (Å²) in [5.41, 5.74) is 6.19. The first-order chi connectivity index (χ1) is 6.70. The minimum atomic E-state index is -0.725. The van der Waals surface area contributed by atoms with Gasteiger partial charge in [-0.05, 0) is 19.1 Å². The van der Waals surface area contributed by atoms with Crippen molar-refractivity contribution in [2.24, 2.45) is 5.73 Å². The topological polar surface area (TPSA) is 69.4 Å². The monoisotopic (exact) mass is 193 g/mol. The second-order valence-electron chi connectivity index (χ2n) is 2.74. The van der Waals surface area contributed by atoms with E-state index in [4.69, 9.17) is 10.5 Å². The van der Waals surface area contributed by atoms with Gasteiger partial charge in [-0.1, -0.05) is 6.08 Å². The van der Waals surface area contributed by atoms with Gasteiger partial charge in [0.15, 0.2) is 0 Å². The van der Waals surface area contributed by atoms with Gasteiger partial charge in [-0.25, -0.2) is 9.59 Å². The third-order valence-corrected chi connectivity index (χ3v) is 1.85.